The summed E-state index contributed by atoms with van der Waals surface area (Å²) in [5, 5.41) is 0.632. The van der Waals surface area contributed by atoms with E-state index in [1.54, 1.807) is 12.3 Å². The second-order valence-corrected chi connectivity index (χ2v) is 4.78. The molecule has 5 heteroatoms. The Morgan fingerprint density at radius 1 is 1.29 bits per heavy atom. The molecule has 2 nitrogen and oxygen atoms in total. The first-order chi connectivity index (χ1) is 8.19. The van der Waals surface area contributed by atoms with Crippen LogP contribution < -0.4 is 4.74 Å². The molecule has 0 radical (unpaired) electrons. The van der Waals surface area contributed by atoms with Crippen LogP contribution in [-0.4, -0.2) is 4.98 Å². The standard InChI is InChI=1S/C12H8Br2FNO/c13-7-8-2-1-3-16-12(8)17-11-5-9(14)4-10(15)6-11/h1-6H,7H2. The average Bonchev–Trinajstić information content (AvgIpc) is 2.28. The van der Waals surface area contributed by atoms with Crippen LogP contribution in [0.25, 0.3) is 0 Å². The molecule has 0 fully saturated rings. The predicted molar refractivity (Wildman–Crippen MR) is 71.0 cm³/mol. The van der Waals surface area contributed by atoms with Crippen LogP contribution >= 0.6 is 31.9 Å². The fourth-order valence-corrected chi connectivity index (χ4v) is 2.19. The molecular weight excluding hydrogens is 353 g/mol. The van der Waals surface area contributed by atoms with Crippen molar-refractivity contribution in [3.8, 4) is 11.6 Å². The van der Waals surface area contributed by atoms with Gasteiger partial charge in [-0.1, -0.05) is 37.9 Å². The van der Waals surface area contributed by atoms with Gasteiger partial charge in [0.25, 0.3) is 0 Å². The van der Waals surface area contributed by atoms with E-state index >= 15 is 0 Å². The van der Waals surface area contributed by atoms with Gasteiger partial charge >= 0.3 is 0 Å². The third-order valence-electron chi connectivity index (χ3n) is 2.04. The Labute approximate surface area is 115 Å². The molecule has 0 saturated carbocycles. The van der Waals surface area contributed by atoms with Crippen molar-refractivity contribution in [1.82, 2.24) is 4.98 Å². The SMILES string of the molecule is Fc1cc(Br)cc(Oc2ncccc2CBr)c1. The number of hydrogen-bond acceptors (Lipinski definition) is 2. The van der Waals surface area contributed by atoms with Crippen LogP contribution in [0.15, 0.2) is 41.0 Å². The lowest BCUT2D eigenvalue weighted by molar-refractivity contribution is 0.453. The van der Waals surface area contributed by atoms with E-state index in [0.29, 0.717) is 21.4 Å². The van der Waals surface area contributed by atoms with E-state index in [4.69, 9.17) is 4.74 Å². The van der Waals surface area contributed by atoms with Gasteiger partial charge in [-0.05, 0) is 18.2 Å². The van der Waals surface area contributed by atoms with Crippen molar-refractivity contribution in [2.24, 2.45) is 0 Å². The van der Waals surface area contributed by atoms with Crippen LogP contribution in [0, 0.1) is 5.82 Å². The summed E-state index contributed by atoms with van der Waals surface area (Å²) in [6.07, 6.45) is 1.63. The molecule has 2 rings (SSSR count). The Kier molecular flexibility index (Phi) is 4.12. The zero-order valence-corrected chi connectivity index (χ0v) is 11.8. The van der Waals surface area contributed by atoms with Crippen molar-refractivity contribution >= 4 is 31.9 Å². The third-order valence-corrected chi connectivity index (χ3v) is 3.11. The number of rotatable bonds is 3. The molecule has 0 spiro atoms. The van der Waals surface area contributed by atoms with Crippen LogP contribution in [0.2, 0.25) is 0 Å². The molecule has 0 N–H and O–H groups in total. The average molecular weight is 361 g/mol. The van der Waals surface area contributed by atoms with Gasteiger partial charge in [0, 0.05) is 27.6 Å². The first kappa shape index (κ1) is 12.5. The zero-order chi connectivity index (χ0) is 12.3. The summed E-state index contributed by atoms with van der Waals surface area (Å²) in [4.78, 5) is 4.11. The molecule has 0 saturated heterocycles. The quantitative estimate of drug-likeness (QED) is 0.742. The number of ether oxygens (including phenoxy) is 1. The minimum absolute atomic E-state index is 0.356. The molecule has 1 heterocycles. The first-order valence-corrected chi connectivity index (χ1v) is 6.74. The summed E-state index contributed by atoms with van der Waals surface area (Å²) in [6.45, 7) is 0. The highest BCUT2D eigenvalue weighted by atomic mass is 79.9. The molecule has 0 bridgehead atoms. The highest BCUT2D eigenvalue weighted by Crippen LogP contribution is 2.27. The Hall–Kier alpha value is -0.940. The lowest BCUT2D eigenvalue weighted by Crippen LogP contribution is -1.92. The summed E-state index contributed by atoms with van der Waals surface area (Å²) < 4.78 is 19.4. The minimum atomic E-state index is -0.356. The monoisotopic (exact) mass is 359 g/mol. The number of alkyl halides is 1. The molecule has 0 amide bonds. The van der Waals surface area contributed by atoms with Crippen molar-refractivity contribution in [3.05, 3.63) is 52.4 Å². The van der Waals surface area contributed by atoms with Gasteiger partial charge in [0.05, 0.1) is 0 Å². The van der Waals surface area contributed by atoms with Crippen LogP contribution in [-0.2, 0) is 5.33 Å². The van der Waals surface area contributed by atoms with Gasteiger partial charge in [-0.2, -0.15) is 0 Å². The number of nitrogens with zero attached hydrogens (tertiary/aromatic N) is 1. The van der Waals surface area contributed by atoms with E-state index in [0.717, 1.165) is 5.56 Å². The molecular formula is C12H8Br2FNO. The van der Waals surface area contributed by atoms with Gasteiger partial charge in [0.2, 0.25) is 5.88 Å². The predicted octanol–water partition coefficient (Wildman–Crippen LogP) is 4.67. The smallest absolute Gasteiger partial charge is 0.223 e. The van der Waals surface area contributed by atoms with Crippen molar-refractivity contribution < 1.29 is 9.13 Å². The van der Waals surface area contributed by atoms with Crippen LogP contribution in [0.3, 0.4) is 0 Å². The number of halogens is 3. The first-order valence-electron chi connectivity index (χ1n) is 4.83. The van der Waals surface area contributed by atoms with E-state index in [-0.39, 0.29) is 5.82 Å². The van der Waals surface area contributed by atoms with Crippen LogP contribution in [0.5, 0.6) is 11.6 Å². The van der Waals surface area contributed by atoms with E-state index in [2.05, 4.69) is 36.8 Å². The zero-order valence-electron chi connectivity index (χ0n) is 8.66. The third kappa shape index (κ3) is 3.26. The fraction of sp³-hybridized carbons (Fsp3) is 0.0833. The minimum Gasteiger partial charge on any atom is -0.439 e. The summed E-state index contributed by atoms with van der Waals surface area (Å²) in [6, 6.07) is 8.10. The number of hydrogen-bond donors (Lipinski definition) is 0. The summed E-state index contributed by atoms with van der Waals surface area (Å²) in [5.41, 5.74) is 0.910. The van der Waals surface area contributed by atoms with Crippen LogP contribution in [0.4, 0.5) is 4.39 Å². The van der Waals surface area contributed by atoms with Gasteiger partial charge in [-0.15, -0.1) is 0 Å². The normalized spacial score (nSPS) is 10.3. The topological polar surface area (TPSA) is 22.1 Å². The number of aromatic nitrogens is 1. The van der Waals surface area contributed by atoms with Gasteiger partial charge in [0.1, 0.15) is 11.6 Å². The lowest BCUT2D eigenvalue weighted by Gasteiger charge is -2.08. The summed E-state index contributed by atoms with van der Waals surface area (Å²) >= 11 is 6.56. The number of benzene rings is 1. The molecule has 88 valence electrons. The van der Waals surface area contributed by atoms with Gasteiger partial charge < -0.3 is 4.74 Å². The van der Waals surface area contributed by atoms with Gasteiger partial charge in [-0.3, -0.25) is 0 Å². The summed E-state index contributed by atoms with van der Waals surface area (Å²) in [7, 11) is 0. The highest BCUT2D eigenvalue weighted by Gasteiger charge is 2.06. The van der Waals surface area contributed by atoms with E-state index in [1.807, 2.05) is 12.1 Å². The molecule has 2 aromatic rings. The lowest BCUT2D eigenvalue weighted by atomic mass is 10.3. The molecule has 1 aromatic heterocycles. The Morgan fingerprint density at radius 3 is 2.82 bits per heavy atom. The fourth-order valence-electron chi connectivity index (χ4n) is 1.32. The maximum atomic E-state index is 13.2. The van der Waals surface area contributed by atoms with E-state index in [1.165, 1.54) is 12.1 Å². The largest absolute Gasteiger partial charge is 0.439 e. The van der Waals surface area contributed by atoms with Crippen LogP contribution in [0.1, 0.15) is 5.56 Å². The van der Waals surface area contributed by atoms with Gasteiger partial charge in [-0.25, -0.2) is 9.37 Å². The van der Waals surface area contributed by atoms with Crippen molar-refractivity contribution in [1.29, 1.82) is 0 Å². The molecule has 0 aliphatic heterocycles. The second-order valence-electron chi connectivity index (χ2n) is 3.31. The number of pyridine rings is 1. The molecule has 0 atom stereocenters. The second kappa shape index (κ2) is 5.60. The van der Waals surface area contributed by atoms with E-state index < -0.39 is 0 Å². The Morgan fingerprint density at radius 2 is 2.12 bits per heavy atom. The molecule has 0 aliphatic rings. The molecule has 17 heavy (non-hydrogen) atoms. The maximum absolute atomic E-state index is 13.2. The highest BCUT2D eigenvalue weighted by molar-refractivity contribution is 9.10. The van der Waals surface area contributed by atoms with Crippen molar-refractivity contribution in [2.75, 3.05) is 0 Å². The van der Waals surface area contributed by atoms with E-state index in [9.17, 15) is 4.39 Å². The van der Waals surface area contributed by atoms with Crippen molar-refractivity contribution in [2.45, 2.75) is 5.33 Å². The Balaban J connectivity index is 2.31. The molecule has 0 unspecified atom stereocenters. The summed E-state index contributed by atoms with van der Waals surface area (Å²) in [5.74, 6) is 0.533. The molecule has 0 aliphatic carbocycles. The Bertz CT molecular complexity index is 513. The van der Waals surface area contributed by atoms with Crippen molar-refractivity contribution in [3.63, 3.8) is 0 Å². The maximum Gasteiger partial charge on any atom is 0.223 e. The van der Waals surface area contributed by atoms with Gasteiger partial charge in [0.15, 0.2) is 0 Å². The molecule has 1 aromatic carbocycles.